The van der Waals surface area contributed by atoms with Gasteiger partial charge in [-0.05, 0) is 12.6 Å². The molecule has 0 unspecified atom stereocenters. The number of imidazole rings is 1. The Labute approximate surface area is 116 Å². The predicted molar refractivity (Wildman–Crippen MR) is 74.3 cm³/mol. The Balaban J connectivity index is 2.00. The molecule has 0 fully saturated rings. The highest BCUT2D eigenvalue weighted by atomic mass is 32.2. The normalized spacial score (nSPS) is 11.8. The zero-order valence-electron chi connectivity index (χ0n) is 10.5. The molecule has 0 aliphatic carbocycles. The first-order valence-electron chi connectivity index (χ1n) is 5.87. The van der Waals surface area contributed by atoms with Crippen LogP contribution in [-0.4, -0.2) is 24.9 Å². The topological polar surface area (TPSA) is 86.9 Å². The molecule has 2 rings (SSSR count). The van der Waals surface area contributed by atoms with Crippen LogP contribution in [0, 0.1) is 0 Å². The van der Waals surface area contributed by atoms with Crippen molar-refractivity contribution in [2.45, 2.75) is 24.9 Å². The van der Waals surface area contributed by atoms with E-state index in [1.165, 1.54) is 17.7 Å². The quantitative estimate of drug-likeness (QED) is 0.713. The summed E-state index contributed by atoms with van der Waals surface area (Å²) in [5, 5.41) is 4.82. The fourth-order valence-corrected chi connectivity index (χ4v) is 3.73. The van der Waals surface area contributed by atoms with Crippen molar-refractivity contribution in [3.8, 4) is 0 Å². The van der Waals surface area contributed by atoms with Crippen LogP contribution in [0.3, 0.4) is 0 Å². The van der Waals surface area contributed by atoms with Crippen LogP contribution in [0.25, 0.3) is 0 Å². The molecule has 2 aromatic heterocycles. The Morgan fingerprint density at radius 1 is 1.42 bits per heavy atom. The van der Waals surface area contributed by atoms with Gasteiger partial charge in [-0.3, -0.25) is 0 Å². The minimum atomic E-state index is -3.46. The summed E-state index contributed by atoms with van der Waals surface area (Å²) in [4.78, 5) is 8.00. The van der Waals surface area contributed by atoms with E-state index in [1.807, 2.05) is 6.92 Å². The minimum Gasteiger partial charge on any atom is -0.347 e. The Bertz CT molecular complexity index is 604. The molecular formula is C11H16N4O2S2. The number of rotatable bonds is 7. The molecule has 2 aromatic rings. The number of H-pyrrole nitrogens is 1. The maximum absolute atomic E-state index is 12.1. The van der Waals surface area contributed by atoms with Gasteiger partial charge in [0.15, 0.2) is 0 Å². The van der Waals surface area contributed by atoms with Crippen molar-refractivity contribution < 1.29 is 8.42 Å². The highest BCUT2D eigenvalue weighted by molar-refractivity contribution is 7.89. The maximum Gasteiger partial charge on any atom is 0.241 e. The monoisotopic (exact) mass is 300 g/mol. The second-order valence-corrected chi connectivity index (χ2v) is 6.69. The highest BCUT2D eigenvalue weighted by Gasteiger charge is 2.16. The van der Waals surface area contributed by atoms with E-state index < -0.39 is 10.0 Å². The summed E-state index contributed by atoms with van der Waals surface area (Å²) in [7, 11) is -3.46. The van der Waals surface area contributed by atoms with E-state index in [1.54, 1.807) is 17.6 Å². The van der Waals surface area contributed by atoms with Crippen LogP contribution in [0.5, 0.6) is 0 Å². The van der Waals surface area contributed by atoms with Crippen molar-refractivity contribution in [1.82, 2.24) is 20.0 Å². The van der Waals surface area contributed by atoms with Crippen LogP contribution in [0.2, 0.25) is 0 Å². The van der Waals surface area contributed by atoms with Crippen LogP contribution in [0.15, 0.2) is 28.9 Å². The third-order valence-corrected chi connectivity index (χ3v) is 4.96. The van der Waals surface area contributed by atoms with Gasteiger partial charge in [0.2, 0.25) is 10.0 Å². The SMILES string of the molecule is CCNCc1cc(S(=O)(=O)NCc2cnc[nH]2)cs1. The molecule has 0 spiro atoms. The highest BCUT2D eigenvalue weighted by Crippen LogP contribution is 2.19. The summed E-state index contributed by atoms with van der Waals surface area (Å²) < 4.78 is 26.6. The van der Waals surface area contributed by atoms with E-state index >= 15 is 0 Å². The molecule has 3 N–H and O–H groups in total. The van der Waals surface area contributed by atoms with E-state index in [0.29, 0.717) is 11.4 Å². The minimum absolute atomic E-state index is 0.209. The number of aromatic nitrogens is 2. The van der Waals surface area contributed by atoms with Gasteiger partial charge in [0.1, 0.15) is 0 Å². The van der Waals surface area contributed by atoms with Crippen molar-refractivity contribution >= 4 is 21.4 Å². The van der Waals surface area contributed by atoms with Crippen LogP contribution in [0.4, 0.5) is 0 Å². The third-order valence-electron chi connectivity index (χ3n) is 2.50. The Hall–Kier alpha value is -1.22. The van der Waals surface area contributed by atoms with Crippen LogP contribution in [0.1, 0.15) is 17.5 Å². The molecular weight excluding hydrogens is 284 g/mol. The number of nitrogens with one attached hydrogen (secondary N) is 3. The Morgan fingerprint density at radius 2 is 2.26 bits per heavy atom. The van der Waals surface area contributed by atoms with E-state index in [4.69, 9.17) is 0 Å². The lowest BCUT2D eigenvalue weighted by Crippen LogP contribution is -2.23. The summed E-state index contributed by atoms with van der Waals surface area (Å²) in [5.41, 5.74) is 0.728. The Kier molecular flexibility index (Phi) is 4.70. The fourth-order valence-electron chi connectivity index (χ4n) is 1.48. The molecule has 19 heavy (non-hydrogen) atoms. The molecule has 0 aliphatic rings. The number of thiophene rings is 1. The average molecular weight is 300 g/mol. The average Bonchev–Trinajstić information content (AvgIpc) is 3.05. The predicted octanol–water partition coefficient (Wildman–Crippen LogP) is 1.06. The lowest BCUT2D eigenvalue weighted by Gasteiger charge is -2.03. The van der Waals surface area contributed by atoms with Crippen molar-refractivity contribution in [3.63, 3.8) is 0 Å². The van der Waals surface area contributed by atoms with Crippen LogP contribution < -0.4 is 10.0 Å². The molecule has 0 bridgehead atoms. The fraction of sp³-hybridized carbons (Fsp3) is 0.364. The first-order chi connectivity index (χ1) is 9.12. The Morgan fingerprint density at radius 3 is 2.95 bits per heavy atom. The lowest BCUT2D eigenvalue weighted by molar-refractivity contribution is 0.581. The molecule has 104 valence electrons. The molecule has 0 saturated carbocycles. The second kappa shape index (κ2) is 6.29. The zero-order valence-corrected chi connectivity index (χ0v) is 12.1. The first-order valence-corrected chi connectivity index (χ1v) is 8.23. The van der Waals surface area contributed by atoms with Gasteiger partial charge in [0.25, 0.3) is 0 Å². The van der Waals surface area contributed by atoms with Gasteiger partial charge in [-0.1, -0.05) is 6.92 Å². The zero-order chi connectivity index (χ0) is 13.7. The molecule has 2 heterocycles. The molecule has 0 atom stereocenters. The summed E-state index contributed by atoms with van der Waals surface area (Å²) >= 11 is 1.44. The van der Waals surface area contributed by atoms with E-state index in [0.717, 1.165) is 17.1 Å². The summed E-state index contributed by atoms with van der Waals surface area (Å²) in [5.74, 6) is 0. The smallest absolute Gasteiger partial charge is 0.241 e. The summed E-state index contributed by atoms with van der Waals surface area (Å²) in [6.45, 7) is 3.77. The molecule has 6 nitrogen and oxygen atoms in total. The van der Waals surface area contributed by atoms with E-state index in [9.17, 15) is 8.42 Å². The van der Waals surface area contributed by atoms with E-state index in [-0.39, 0.29) is 6.54 Å². The standard InChI is InChI=1S/C11H16N4O2S2/c1-2-12-6-10-3-11(7-18-10)19(16,17)15-5-9-4-13-8-14-9/h3-4,7-8,12,15H,2,5-6H2,1H3,(H,13,14). The van der Waals surface area contributed by atoms with E-state index in [2.05, 4.69) is 20.0 Å². The molecule has 0 aliphatic heterocycles. The van der Waals surface area contributed by atoms with Crippen LogP contribution >= 0.6 is 11.3 Å². The summed E-state index contributed by atoms with van der Waals surface area (Å²) in [6.07, 6.45) is 3.11. The van der Waals surface area contributed by atoms with Crippen molar-refractivity contribution in [1.29, 1.82) is 0 Å². The molecule has 0 saturated heterocycles. The molecule has 0 radical (unpaired) electrons. The van der Waals surface area contributed by atoms with Gasteiger partial charge in [-0.2, -0.15) is 0 Å². The molecule has 0 aromatic carbocycles. The largest absolute Gasteiger partial charge is 0.347 e. The van der Waals surface area contributed by atoms with Crippen molar-refractivity contribution in [3.05, 3.63) is 34.5 Å². The van der Waals surface area contributed by atoms with Gasteiger partial charge in [0, 0.05) is 28.7 Å². The van der Waals surface area contributed by atoms with Gasteiger partial charge in [-0.25, -0.2) is 18.1 Å². The lowest BCUT2D eigenvalue weighted by atomic mass is 10.4. The number of nitrogens with zero attached hydrogens (tertiary/aromatic N) is 1. The number of aromatic amines is 1. The van der Waals surface area contributed by atoms with Gasteiger partial charge in [-0.15, -0.1) is 11.3 Å². The van der Waals surface area contributed by atoms with Crippen molar-refractivity contribution in [2.75, 3.05) is 6.54 Å². The number of sulfonamides is 1. The number of hydrogen-bond acceptors (Lipinski definition) is 5. The van der Waals surface area contributed by atoms with Gasteiger partial charge >= 0.3 is 0 Å². The molecule has 8 heteroatoms. The van der Waals surface area contributed by atoms with Gasteiger partial charge < -0.3 is 10.3 Å². The summed E-state index contributed by atoms with van der Waals surface area (Å²) in [6, 6.07) is 1.70. The van der Waals surface area contributed by atoms with Crippen molar-refractivity contribution in [2.24, 2.45) is 0 Å². The maximum atomic E-state index is 12.1. The first kappa shape index (κ1) is 14.2. The van der Waals surface area contributed by atoms with Crippen LogP contribution in [-0.2, 0) is 23.1 Å². The number of hydrogen-bond donors (Lipinski definition) is 3. The molecule has 0 amide bonds. The van der Waals surface area contributed by atoms with Gasteiger partial charge in [0.05, 0.1) is 17.8 Å². The second-order valence-electron chi connectivity index (χ2n) is 3.93. The third kappa shape index (κ3) is 3.87.